The molecule has 3 rings (SSSR count). The largest absolute Gasteiger partial charge is 0.379 e. The molecule has 2 atom stereocenters. The number of nitrogens with one attached hydrogen (secondary N) is 1. The molecule has 0 spiro atoms. The highest BCUT2D eigenvalue weighted by Gasteiger charge is 2.29. The number of likely N-dealkylation sites (N-methyl/N-ethyl adjacent to an activating group) is 1. The summed E-state index contributed by atoms with van der Waals surface area (Å²) in [5, 5.41) is 5.06. The molecule has 0 saturated heterocycles. The molecule has 0 aliphatic heterocycles. The van der Waals surface area contributed by atoms with Crippen molar-refractivity contribution >= 4 is 46.4 Å². The highest BCUT2D eigenvalue weighted by atomic mass is 35.5. The van der Waals surface area contributed by atoms with Gasteiger partial charge in [-0.2, -0.15) is 0 Å². The summed E-state index contributed by atoms with van der Waals surface area (Å²) in [5.41, 5.74) is 2.97. The van der Waals surface area contributed by atoms with Gasteiger partial charge in [0.2, 0.25) is 0 Å². The third-order valence-corrected chi connectivity index (χ3v) is 7.14. The first-order valence-electron chi connectivity index (χ1n) is 11.6. The lowest BCUT2D eigenvalue weighted by Crippen LogP contribution is -2.41. The molecule has 0 aliphatic carbocycles. The van der Waals surface area contributed by atoms with Crippen molar-refractivity contribution in [3.05, 3.63) is 69.3 Å². The maximum Gasteiger partial charge on any atom is 0.356 e. The number of hydrogen-bond donors (Lipinski definition) is 1. The van der Waals surface area contributed by atoms with Crippen molar-refractivity contribution < 1.29 is 23.8 Å². The van der Waals surface area contributed by atoms with E-state index in [2.05, 4.69) is 10.3 Å². The number of carbonyl (C=O) groups excluding carboxylic acids is 2. The molecule has 0 bridgehead atoms. The molecule has 1 aromatic heterocycles. The van der Waals surface area contributed by atoms with Crippen LogP contribution in [0, 0.1) is 5.92 Å². The number of hydrogen-bond acceptors (Lipinski definition) is 5. The zero-order valence-corrected chi connectivity index (χ0v) is 22.9. The minimum absolute atomic E-state index is 0.0480. The molecule has 2 unspecified atom stereocenters. The quantitative estimate of drug-likeness (QED) is 0.310. The van der Waals surface area contributed by atoms with Crippen LogP contribution in [0.3, 0.4) is 0 Å². The number of aromatic nitrogens is 1. The summed E-state index contributed by atoms with van der Waals surface area (Å²) < 4.78 is 19.6. The Morgan fingerprint density at radius 2 is 1.83 bits per heavy atom. The standard InChI is InChI=1S/C17H26FNO3.C10H7Cl2NO/c1-6-21-11-17(4,19-5)14-9-7-13(8-10-14)15(12(2)3)16(20)22-18;1-13-6(5-14)4-7-9(13)3-2-8(11)10(7)12/h7-10,12,15,19H,6,11H2,1-5H3;2-5H,1H3. The van der Waals surface area contributed by atoms with Crippen LogP contribution in [0.2, 0.25) is 10.0 Å². The average Bonchev–Trinajstić information content (AvgIpc) is 3.21. The van der Waals surface area contributed by atoms with Crippen molar-refractivity contribution in [3.63, 3.8) is 0 Å². The number of benzene rings is 2. The van der Waals surface area contributed by atoms with Crippen LogP contribution in [0.15, 0.2) is 42.5 Å². The summed E-state index contributed by atoms with van der Waals surface area (Å²) >= 11 is 11.9. The normalized spacial score (nSPS) is 13.6. The third kappa shape index (κ3) is 6.65. The molecule has 9 heteroatoms. The van der Waals surface area contributed by atoms with E-state index < -0.39 is 11.9 Å². The summed E-state index contributed by atoms with van der Waals surface area (Å²) in [6, 6.07) is 12.9. The smallest absolute Gasteiger partial charge is 0.356 e. The van der Waals surface area contributed by atoms with E-state index in [1.807, 2.05) is 72.1 Å². The van der Waals surface area contributed by atoms with Crippen molar-refractivity contribution in [1.82, 2.24) is 9.88 Å². The molecule has 1 heterocycles. The van der Waals surface area contributed by atoms with Crippen molar-refractivity contribution in [1.29, 1.82) is 0 Å². The molecule has 6 nitrogen and oxygen atoms in total. The highest BCUT2D eigenvalue weighted by Crippen LogP contribution is 2.32. The van der Waals surface area contributed by atoms with Gasteiger partial charge in [-0.1, -0.05) is 61.3 Å². The summed E-state index contributed by atoms with van der Waals surface area (Å²) in [4.78, 5) is 25.7. The Morgan fingerprint density at radius 3 is 2.33 bits per heavy atom. The van der Waals surface area contributed by atoms with Crippen molar-refractivity contribution in [2.75, 3.05) is 20.3 Å². The van der Waals surface area contributed by atoms with Crippen molar-refractivity contribution in [3.8, 4) is 0 Å². The fraction of sp³-hybridized carbons (Fsp3) is 0.407. The zero-order valence-electron chi connectivity index (χ0n) is 21.4. The van der Waals surface area contributed by atoms with Crippen LogP contribution in [0.5, 0.6) is 0 Å². The molecule has 0 fully saturated rings. The first-order valence-corrected chi connectivity index (χ1v) is 12.4. The van der Waals surface area contributed by atoms with Crippen LogP contribution in [0.4, 0.5) is 4.53 Å². The van der Waals surface area contributed by atoms with Crippen LogP contribution in [0.1, 0.15) is 55.2 Å². The Kier molecular flexibility index (Phi) is 10.9. The van der Waals surface area contributed by atoms with Crippen LogP contribution >= 0.6 is 23.2 Å². The monoisotopic (exact) mass is 538 g/mol. The van der Waals surface area contributed by atoms with Gasteiger partial charge in [0.25, 0.3) is 0 Å². The zero-order chi connectivity index (χ0) is 27.0. The second kappa shape index (κ2) is 13.2. The van der Waals surface area contributed by atoms with E-state index in [1.54, 1.807) is 16.7 Å². The number of aldehydes is 1. The Bertz CT molecular complexity index is 1180. The molecule has 0 radical (unpaired) electrons. The van der Waals surface area contributed by atoms with Gasteiger partial charge in [0.1, 0.15) is 0 Å². The fourth-order valence-electron chi connectivity index (χ4n) is 3.99. The lowest BCUT2D eigenvalue weighted by atomic mass is 9.86. The van der Waals surface area contributed by atoms with Crippen molar-refractivity contribution in [2.45, 2.75) is 39.2 Å². The number of aryl methyl sites for hydroxylation is 1. The summed E-state index contributed by atoms with van der Waals surface area (Å²) in [6.45, 7) is 8.92. The molecule has 0 amide bonds. The second-order valence-electron chi connectivity index (χ2n) is 9.00. The van der Waals surface area contributed by atoms with Gasteiger partial charge in [0.15, 0.2) is 6.29 Å². The van der Waals surface area contributed by atoms with E-state index in [9.17, 15) is 14.1 Å². The van der Waals surface area contributed by atoms with Gasteiger partial charge in [0, 0.05) is 29.1 Å². The molecule has 1 N–H and O–H groups in total. The van der Waals surface area contributed by atoms with Crippen LogP contribution in [0.25, 0.3) is 10.9 Å². The summed E-state index contributed by atoms with van der Waals surface area (Å²) in [6.07, 6.45) is 0.796. The van der Waals surface area contributed by atoms with E-state index >= 15 is 0 Å². The Balaban J connectivity index is 0.000000278. The minimum Gasteiger partial charge on any atom is -0.379 e. The van der Waals surface area contributed by atoms with Gasteiger partial charge in [-0.3, -0.25) is 9.74 Å². The first-order chi connectivity index (χ1) is 17.0. The Hall–Kier alpha value is -2.45. The van der Waals surface area contributed by atoms with Gasteiger partial charge >= 0.3 is 5.97 Å². The number of carbonyl (C=O) groups is 2. The summed E-state index contributed by atoms with van der Waals surface area (Å²) in [5.74, 6) is -1.51. The number of fused-ring (bicyclic) bond motifs is 1. The van der Waals surface area contributed by atoms with Crippen LogP contribution < -0.4 is 5.32 Å². The number of nitrogens with zero attached hydrogens (tertiary/aromatic N) is 1. The maximum atomic E-state index is 12.3. The Morgan fingerprint density at radius 1 is 1.19 bits per heavy atom. The molecule has 0 aliphatic rings. The van der Waals surface area contributed by atoms with Crippen LogP contribution in [-0.2, 0) is 27.1 Å². The number of rotatable bonds is 9. The lowest BCUT2D eigenvalue weighted by molar-refractivity contribution is -0.186. The van der Waals surface area contributed by atoms with Gasteiger partial charge in [-0.05, 0) is 56.1 Å². The van der Waals surface area contributed by atoms with Crippen molar-refractivity contribution in [2.24, 2.45) is 13.0 Å². The van der Waals surface area contributed by atoms with Gasteiger partial charge in [0.05, 0.1) is 33.8 Å². The fourth-order valence-corrected chi connectivity index (χ4v) is 4.37. The van der Waals surface area contributed by atoms with Gasteiger partial charge in [-0.15, -0.1) is 0 Å². The maximum absolute atomic E-state index is 12.3. The van der Waals surface area contributed by atoms with E-state index in [0.29, 0.717) is 29.0 Å². The number of halogens is 3. The van der Waals surface area contributed by atoms with E-state index in [1.165, 1.54) is 0 Å². The molecular weight excluding hydrogens is 506 g/mol. The van der Waals surface area contributed by atoms with E-state index in [0.717, 1.165) is 28.3 Å². The number of ether oxygens (including phenoxy) is 1. The second-order valence-corrected chi connectivity index (χ2v) is 9.78. The topological polar surface area (TPSA) is 69.6 Å². The third-order valence-electron chi connectivity index (χ3n) is 6.32. The van der Waals surface area contributed by atoms with E-state index in [4.69, 9.17) is 27.9 Å². The predicted molar refractivity (Wildman–Crippen MR) is 142 cm³/mol. The molecule has 196 valence electrons. The molecule has 3 aromatic rings. The molecule has 2 aromatic carbocycles. The molecule has 0 saturated carbocycles. The van der Waals surface area contributed by atoms with E-state index in [-0.39, 0.29) is 11.5 Å². The molecular formula is C27H33Cl2FN2O4. The molecule has 36 heavy (non-hydrogen) atoms. The highest BCUT2D eigenvalue weighted by molar-refractivity contribution is 6.45. The first kappa shape index (κ1) is 29.8. The predicted octanol–water partition coefficient (Wildman–Crippen LogP) is 6.62. The van der Waals surface area contributed by atoms with Gasteiger partial charge < -0.3 is 14.6 Å². The lowest BCUT2D eigenvalue weighted by Gasteiger charge is -2.30. The van der Waals surface area contributed by atoms with Gasteiger partial charge in [-0.25, -0.2) is 4.79 Å². The average molecular weight is 539 g/mol. The Labute approximate surface area is 221 Å². The SMILES string of the molecule is CCOCC(C)(NC)c1ccc(C(C(=O)OF)C(C)C)cc1.Cn1c(C=O)cc2c(Cl)c(Cl)ccc21. The van der Waals surface area contributed by atoms with Crippen LogP contribution in [-0.4, -0.2) is 37.1 Å². The minimum atomic E-state index is -0.853. The summed E-state index contributed by atoms with van der Waals surface area (Å²) in [7, 11) is 3.70.